The van der Waals surface area contributed by atoms with Crippen LogP contribution < -0.4 is 15.4 Å². The van der Waals surface area contributed by atoms with Crippen molar-refractivity contribution in [2.75, 3.05) is 39.8 Å². The normalized spacial score (nSPS) is 17.9. The van der Waals surface area contributed by atoms with Gasteiger partial charge in [0.25, 0.3) is 0 Å². The minimum Gasteiger partial charge on any atom is -0.494 e. The number of hydrogen-bond acceptors (Lipinski definition) is 3. The molecule has 0 radical (unpaired) electrons. The predicted molar refractivity (Wildman–Crippen MR) is 116 cm³/mol. The third-order valence-electron chi connectivity index (χ3n) is 4.41. The molecule has 1 fully saturated rings. The minimum atomic E-state index is 0. The summed E-state index contributed by atoms with van der Waals surface area (Å²) in [5.41, 5.74) is 1.15. The van der Waals surface area contributed by atoms with Gasteiger partial charge < -0.3 is 20.3 Å². The third-order valence-corrected chi connectivity index (χ3v) is 4.41. The van der Waals surface area contributed by atoms with Crippen molar-refractivity contribution in [3.8, 4) is 5.75 Å². The Morgan fingerprint density at radius 2 is 2.08 bits per heavy atom. The summed E-state index contributed by atoms with van der Waals surface area (Å²) in [6.07, 6.45) is 2.51. The van der Waals surface area contributed by atoms with Crippen LogP contribution in [0.25, 0.3) is 0 Å². The van der Waals surface area contributed by atoms with Gasteiger partial charge in [-0.1, -0.05) is 25.1 Å². The van der Waals surface area contributed by atoms with Crippen molar-refractivity contribution >= 4 is 29.9 Å². The molecule has 5 nitrogen and oxygen atoms in total. The van der Waals surface area contributed by atoms with Gasteiger partial charge in [-0.2, -0.15) is 0 Å². The van der Waals surface area contributed by atoms with Gasteiger partial charge in [0.15, 0.2) is 5.96 Å². The van der Waals surface area contributed by atoms with Gasteiger partial charge in [0.1, 0.15) is 5.75 Å². The summed E-state index contributed by atoms with van der Waals surface area (Å²) in [6.45, 7) is 10.3. The number of nitrogens with one attached hydrogen (secondary N) is 2. The zero-order valence-electron chi connectivity index (χ0n) is 15.8. The summed E-state index contributed by atoms with van der Waals surface area (Å²) in [6, 6.07) is 8.14. The second-order valence-corrected chi connectivity index (χ2v) is 6.30. The number of likely N-dealkylation sites (tertiary alicyclic amines) is 1. The fourth-order valence-electron chi connectivity index (χ4n) is 3.19. The highest BCUT2D eigenvalue weighted by Gasteiger charge is 2.21. The van der Waals surface area contributed by atoms with Crippen molar-refractivity contribution in [3.63, 3.8) is 0 Å². The largest absolute Gasteiger partial charge is 0.494 e. The van der Waals surface area contributed by atoms with E-state index in [-0.39, 0.29) is 24.0 Å². The Hall–Kier alpha value is -1.02. The molecule has 0 amide bonds. The van der Waals surface area contributed by atoms with E-state index >= 15 is 0 Å². The molecule has 1 atom stereocenters. The van der Waals surface area contributed by atoms with Crippen LogP contribution in [0.3, 0.4) is 0 Å². The third kappa shape index (κ3) is 7.40. The first-order valence-electron chi connectivity index (χ1n) is 9.14. The number of ether oxygens (including phenoxy) is 1. The van der Waals surface area contributed by atoms with Gasteiger partial charge in [0.2, 0.25) is 0 Å². The lowest BCUT2D eigenvalue weighted by Crippen LogP contribution is -2.40. The maximum atomic E-state index is 5.67. The van der Waals surface area contributed by atoms with Crippen molar-refractivity contribution in [2.24, 2.45) is 10.9 Å². The highest BCUT2D eigenvalue weighted by Crippen LogP contribution is 2.17. The Kier molecular flexibility index (Phi) is 10.9. The molecule has 2 N–H and O–H groups in total. The van der Waals surface area contributed by atoms with Crippen LogP contribution in [0.4, 0.5) is 0 Å². The molecule has 1 heterocycles. The van der Waals surface area contributed by atoms with Crippen molar-refractivity contribution < 1.29 is 4.74 Å². The molecule has 0 aromatic heterocycles. The topological polar surface area (TPSA) is 48.9 Å². The molecule has 1 aliphatic rings. The highest BCUT2D eigenvalue weighted by molar-refractivity contribution is 14.0. The number of hydrogen-bond donors (Lipinski definition) is 2. The summed E-state index contributed by atoms with van der Waals surface area (Å²) >= 11 is 0. The van der Waals surface area contributed by atoms with Gasteiger partial charge in [-0.05, 0) is 44.8 Å². The fraction of sp³-hybridized carbons (Fsp3) is 0.632. The van der Waals surface area contributed by atoms with Gasteiger partial charge in [0.05, 0.1) is 6.61 Å². The average Bonchev–Trinajstić information content (AvgIpc) is 3.04. The van der Waals surface area contributed by atoms with E-state index in [0.29, 0.717) is 19.1 Å². The fourth-order valence-corrected chi connectivity index (χ4v) is 3.19. The Balaban J connectivity index is 0.00000312. The molecule has 1 unspecified atom stereocenters. The van der Waals surface area contributed by atoms with Crippen LogP contribution in [-0.2, 0) is 6.54 Å². The quantitative estimate of drug-likeness (QED) is 0.356. The van der Waals surface area contributed by atoms with E-state index < -0.39 is 0 Å². The van der Waals surface area contributed by atoms with Crippen LogP contribution in [0.15, 0.2) is 29.3 Å². The number of rotatable bonds is 8. The summed E-state index contributed by atoms with van der Waals surface area (Å²) in [5, 5.41) is 6.86. The summed E-state index contributed by atoms with van der Waals surface area (Å²) in [7, 11) is 1.82. The van der Waals surface area contributed by atoms with E-state index in [2.05, 4.69) is 33.5 Å². The SMILES string of the molecule is CCCN1CCC(CNC(=NC)NCc2ccccc2OCC)C1.I. The lowest BCUT2D eigenvalue weighted by Gasteiger charge is -2.17. The zero-order valence-corrected chi connectivity index (χ0v) is 18.1. The standard InChI is InChI=1S/C19H32N4O.HI/c1-4-11-23-12-10-16(15-23)13-21-19(20-3)22-14-17-8-6-7-9-18(17)24-5-2;/h6-9,16H,4-5,10-15H2,1-3H3,(H2,20,21,22);1H. The lowest BCUT2D eigenvalue weighted by atomic mass is 10.1. The molecule has 6 heteroatoms. The Labute approximate surface area is 169 Å². The molecule has 0 bridgehead atoms. The van der Waals surface area contributed by atoms with E-state index in [4.69, 9.17) is 4.74 Å². The number of guanidine groups is 1. The molecule has 0 aliphatic carbocycles. The van der Waals surface area contributed by atoms with Gasteiger partial charge >= 0.3 is 0 Å². The van der Waals surface area contributed by atoms with Crippen molar-refractivity contribution in [1.82, 2.24) is 15.5 Å². The first-order chi connectivity index (χ1) is 11.8. The second kappa shape index (κ2) is 12.4. The smallest absolute Gasteiger partial charge is 0.191 e. The molecule has 1 aliphatic heterocycles. The van der Waals surface area contributed by atoms with Gasteiger partial charge in [0, 0.05) is 32.2 Å². The molecule has 0 saturated carbocycles. The highest BCUT2D eigenvalue weighted by atomic mass is 127. The molecular weight excluding hydrogens is 427 g/mol. The van der Waals surface area contributed by atoms with Crippen LogP contribution in [0.1, 0.15) is 32.3 Å². The maximum Gasteiger partial charge on any atom is 0.191 e. The molecule has 2 rings (SSSR count). The monoisotopic (exact) mass is 460 g/mol. The van der Waals surface area contributed by atoms with Crippen LogP contribution in [0.2, 0.25) is 0 Å². The average molecular weight is 460 g/mol. The maximum absolute atomic E-state index is 5.67. The van der Waals surface area contributed by atoms with Crippen molar-refractivity contribution in [2.45, 2.75) is 33.2 Å². The molecular formula is C19H33IN4O. The number of para-hydroxylation sites is 1. The first kappa shape index (κ1) is 22.0. The van der Waals surface area contributed by atoms with Crippen LogP contribution in [-0.4, -0.2) is 50.7 Å². The molecule has 1 aromatic carbocycles. The molecule has 1 saturated heterocycles. The number of benzene rings is 1. The summed E-state index contributed by atoms with van der Waals surface area (Å²) < 4.78 is 5.67. The van der Waals surface area contributed by atoms with E-state index in [1.165, 1.54) is 32.5 Å². The Bertz CT molecular complexity index is 524. The van der Waals surface area contributed by atoms with E-state index in [9.17, 15) is 0 Å². The summed E-state index contributed by atoms with van der Waals surface area (Å²) in [5.74, 6) is 2.51. The van der Waals surface area contributed by atoms with Crippen molar-refractivity contribution in [1.29, 1.82) is 0 Å². The number of halogens is 1. The number of nitrogens with zero attached hydrogens (tertiary/aromatic N) is 2. The molecule has 25 heavy (non-hydrogen) atoms. The number of aliphatic imine (C=N–C) groups is 1. The molecule has 1 aromatic rings. The van der Waals surface area contributed by atoms with E-state index in [0.717, 1.165) is 23.8 Å². The van der Waals surface area contributed by atoms with Crippen LogP contribution >= 0.6 is 24.0 Å². The molecule has 0 spiro atoms. The summed E-state index contributed by atoms with van der Waals surface area (Å²) in [4.78, 5) is 6.89. The van der Waals surface area contributed by atoms with Crippen LogP contribution in [0.5, 0.6) is 5.75 Å². The first-order valence-corrected chi connectivity index (χ1v) is 9.14. The van der Waals surface area contributed by atoms with E-state index in [1.54, 1.807) is 0 Å². The van der Waals surface area contributed by atoms with Gasteiger partial charge in [-0.15, -0.1) is 24.0 Å². The van der Waals surface area contributed by atoms with Gasteiger partial charge in [-0.25, -0.2) is 0 Å². The zero-order chi connectivity index (χ0) is 17.2. The van der Waals surface area contributed by atoms with E-state index in [1.807, 2.05) is 32.2 Å². The molecule has 142 valence electrons. The minimum absolute atomic E-state index is 0. The predicted octanol–water partition coefficient (Wildman–Crippen LogP) is 3.10. The van der Waals surface area contributed by atoms with Crippen LogP contribution in [0, 0.1) is 5.92 Å². The Morgan fingerprint density at radius 3 is 2.80 bits per heavy atom. The van der Waals surface area contributed by atoms with Crippen molar-refractivity contribution in [3.05, 3.63) is 29.8 Å². The van der Waals surface area contributed by atoms with Gasteiger partial charge in [-0.3, -0.25) is 4.99 Å². The lowest BCUT2D eigenvalue weighted by molar-refractivity contribution is 0.324. The second-order valence-electron chi connectivity index (χ2n) is 6.30. The Morgan fingerprint density at radius 1 is 1.28 bits per heavy atom.